The molecule has 62 heavy (non-hydrogen) atoms. The number of rotatable bonds is 5. The maximum Gasteiger partial charge on any atom is 0.136 e. The molecule has 3 aliphatic rings. The minimum absolute atomic E-state index is 0.133. The third-order valence-corrected chi connectivity index (χ3v) is 14.5. The molecule has 3 aliphatic carbocycles. The number of nitrogens with zero attached hydrogens (tertiary/aromatic N) is 1. The average molecular weight is 794 g/mol. The van der Waals surface area contributed by atoms with Gasteiger partial charge in [0.1, 0.15) is 11.2 Å². The predicted octanol–water partition coefficient (Wildman–Crippen LogP) is 16.0. The third kappa shape index (κ3) is 4.86. The number of hydrogen-bond donors (Lipinski definition) is 0. The number of aryl methyl sites for hydroxylation is 1. The quantitative estimate of drug-likeness (QED) is 0.173. The van der Waals surface area contributed by atoms with Gasteiger partial charge in [-0.2, -0.15) is 0 Å². The van der Waals surface area contributed by atoms with Crippen molar-refractivity contribution in [3.05, 3.63) is 234 Å². The maximum atomic E-state index is 6.38. The first-order chi connectivity index (χ1) is 30.5. The minimum atomic E-state index is -0.197. The highest BCUT2D eigenvalue weighted by atomic mass is 16.3. The van der Waals surface area contributed by atoms with E-state index < -0.39 is 0 Å². The summed E-state index contributed by atoms with van der Waals surface area (Å²) >= 11 is 0. The van der Waals surface area contributed by atoms with Crippen molar-refractivity contribution in [2.75, 3.05) is 4.90 Å². The molecule has 0 saturated carbocycles. The van der Waals surface area contributed by atoms with Crippen LogP contribution in [0.5, 0.6) is 0 Å². The standard InChI is InChI=1S/C60H43NO/c1-59(2)52-27-8-4-21-47(52)49-25-13-24-45(58(49)59)40-17-12-19-42(36-40)61(41-18-11-16-39(35-41)44-23-14-30-56-57(44)50-22-6-10-29-55(50)62-56)43-31-32-48-46-20-5-9-28-53(46)60(54(48)37-43)34-33-38-15-3-7-26-51(38)60/h3-32,35-37H,33-34H2,1-2H3. The van der Waals surface area contributed by atoms with Gasteiger partial charge in [-0.15, -0.1) is 0 Å². The fraction of sp³-hybridized carbons (Fsp3) is 0.100. The third-order valence-electron chi connectivity index (χ3n) is 14.5. The Morgan fingerprint density at radius 3 is 1.81 bits per heavy atom. The second-order valence-electron chi connectivity index (χ2n) is 17.9. The van der Waals surface area contributed by atoms with E-state index in [1.165, 1.54) is 66.8 Å². The summed E-state index contributed by atoms with van der Waals surface area (Å²) < 4.78 is 6.38. The molecule has 1 heterocycles. The van der Waals surface area contributed by atoms with Crippen molar-refractivity contribution >= 4 is 39.0 Å². The van der Waals surface area contributed by atoms with Gasteiger partial charge in [0, 0.05) is 38.7 Å². The summed E-state index contributed by atoms with van der Waals surface area (Å²) in [4.78, 5) is 2.49. The summed E-state index contributed by atoms with van der Waals surface area (Å²) in [6, 6.07) is 74.4. The summed E-state index contributed by atoms with van der Waals surface area (Å²) in [5.74, 6) is 0. The molecule has 9 aromatic carbocycles. The first-order valence-electron chi connectivity index (χ1n) is 22.0. The zero-order chi connectivity index (χ0) is 41.2. The van der Waals surface area contributed by atoms with Crippen molar-refractivity contribution in [1.82, 2.24) is 0 Å². The fourth-order valence-electron chi connectivity index (χ4n) is 11.8. The Morgan fingerprint density at radius 2 is 0.984 bits per heavy atom. The molecule has 0 fully saturated rings. The predicted molar refractivity (Wildman–Crippen MR) is 257 cm³/mol. The fourth-order valence-corrected chi connectivity index (χ4v) is 11.8. The number of furan rings is 1. The molecule has 0 saturated heterocycles. The Balaban J connectivity index is 1.03. The zero-order valence-corrected chi connectivity index (χ0v) is 34.8. The van der Waals surface area contributed by atoms with Crippen LogP contribution >= 0.6 is 0 Å². The summed E-state index contributed by atoms with van der Waals surface area (Å²) in [6.07, 6.45) is 2.13. The number of anilines is 3. The van der Waals surface area contributed by atoms with Gasteiger partial charge in [0.2, 0.25) is 0 Å². The Labute approximate surface area is 362 Å². The van der Waals surface area contributed by atoms with Gasteiger partial charge in [0.05, 0.1) is 0 Å². The van der Waals surface area contributed by atoms with Crippen LogP contribution in [0.15, 0.2) is 205 Å². The normalized spacial score (nSPS) is 16.3. The van der Waals surface area contributed by atoms with Crippen LogP contribution in [0.4, 0.5) is 17.1 Å². The van der Waals surface area contributed by atoms with E-state index in [-0.39, 0.29) is 10.8 Å². The van der Waals surface area contributed by atoms with Gasteiger partial charge in [-0.3, -0.25) is 0 Å². The molecule has 1 aromatic heterocycles. The molecule has 0 radical (unpaired) electrons. The average Bonchev–Trinajstić information content (AvgIpc) is 4.05. The van der Waals surface area contributed by atoms with Crippen LogP contribution < -0.4 is 4.90 Å². The van der Waals surface area contributed by atoms with Crippen molar-refractivity contribution in [1.29, 1.82) is 0 Å². The van der Waals surface area contributed by atoms with Crippen molar-refractivity contribution < 1.29 is 4.42 Å². The van der Waals surface area contributed by atoms with Gasteiger partial charge in [0.25, 0.3) is 0 Å². The molecule has 0 aliphatic heterocycles. The second kappa shape index (κ2) is 13.0. The van der Waals surface area contributed by atoms with E-state index in [1.54, 1.807) is 0 Å². The summed E-state index contributed by atoms with van der Waals surface area (Å²) in [7, 11) is 0. The monoisotopic (exact) mass is 793 g/mol. The van der Waals surface area contributed by atoms with Crippen LogP contribution in [-0.2, 0) is 17.3 Å². The molecule has 1 spiro atoms. The Hall–Kier alpha value is -7.42. The highest BCUT2D eigenvalue weighted by Crippen LogP contribution is 2.59. The Kier molecular flexibility index (Phi) is 7.43. The molecule has 0 bridgehead atoms. The zero-order valence-electron chi connectivity index (χ0n) is 34.8. The lowest BCUT2D eigenvalue weighted by Crippen LogP contribution is -2.24. The largest absolute Gasteiger partial charge is 0.456 e. The molecule has 1 unspecified atom stereocenters. The van der Waals surface area contributed by atoms with Gasteiger partial charge in [0.15, 0.2) is 0 Å². The molecule has 10 aromatic rings. The molecule has 0 amide bonds. The molecule has 294 valence electrons. The van der Waals surface area contributed by atoms with E-state index in [0.29, 0.717) is 0 Å². The minimum Gasteiger partial charge on any atom is -0.456 e. The van der Waals surface area contributed by atoms with Crippen molar-refractivity contribution in [3.63, 3.8) is 0 Å². The summed E-state index contributed by atoms with van der Waals surface area (Å²) in [5.41, 5.74) is 23.5. The van der Waals surface area contributed by atoms with Gasteiger partial charge in [-0.05, 0) is 139 Å². The van der Waals surface area contributed by atoms with E-state index in [4.69, 9.17) is 4.42 Å². The summed E-state index contributed by atoms with van der Waals surface area (Å²) in [6.45, 7) is 4.76. The van der Waals surface area contributed by atoms with Gasteiger partial charge >= 0.3 is 0 Å². The van der Waals surface area contributed by atoms with Crippen LogP contribution in [0.25, 0.3) is 66.4 Å². The van der Waals surface area contributed by atoms with Crippen LogP contribution in [0.2, 0.25) is 0 Å². The first kappa shape index (κ1) is 35.3. The molecule has 0 N–H and O–H groups in total. The molecular formula is C60H43NO. The Morgan fingerprint density at radius 1 is 0.419 bits per heavy atom. The maximum absolute atomic E-state index is 6.38. The van der Waals surface area contributed by atoms with Crippen LogP contribution in [-0.4, -0.2) is 0 Å². The van der Waals surface area contributed by atoms with Crippen LogP contribution in [0.3, 0.4) is 0 Å². The lowest BCUT2D eigenvalue weighted by molar-refractivity contribution is 0.626. The lowest BCUT2D eigenvalue weighted by Gasteiger charge is -2.31. The van der Waals surface area contributed by atoms with Crippen molar-refractivity contribution in [3.8, 4) is 44.5 Å². The summed E-state index contributed by atoms with van der Waals surface area (Å²) in [5, 5.41) is 2.28. The smallest absolute Gasteiger partial charge is 0.136 e. The van der Waals surface area contributed by atoms with E-state index in [1.807, 2.05) is 6.07 Å². The van der Waals surface area contributed by atoms with Crippen LogP contribution in [0.1, 0.15) is 53.6 Å². The number of para-hydroxylation sites is 1. The number of benzene rings is 9. The van der Waals surface area contributed by atoms with Crippen molar-refractivity contribution in [2.24, 2.45) is 0 Å². The second-order valence-corrected chi connectivity index (χ2v) is 17.9. The van der Waals surface area contributed by atoms with E-state index in [9.17, 15) is 0 Å². The van der Waals surface area contributed by atoms with Crippen LogP contribution in [0, 0.1) is 0 Å². The van der Waals surface area contributed by atoms with Gasteiger partial charge < -0.3 is 9.32 Å². The van der Waals surface area contributed by atoms with Gasteiger partial charge in [-0.25, -0.2) is 0 Å². The number of fused-ring (bicyclic) bond motifs is 13. The van der Waals surface area contributed by atoms with E-state index in [2.05, 4.69) is 213 Å². The highest BCUT2D eigenvalue weighted by molar-refractivity contribution is 6.12. The van der Waals surface area contributed by atoms with Crippen molar-refractivity contribution in [2.45, 2.75) is 37.5 Å². The van der Waals surface area contributed by atoms with Gasteiger partial charge in [-0.1, -0.05) is 166 Å². The van der Waals surface area contributed by atoms with E-state index >= 15 is 0 Å². The SMILES string of the molecule is CC1(C)c2ccccc2-c2cccc(-c3cccc(N(c4cccc(-c5cccc6oc7ccccc7c56)c4)c4ccc5c(c4)C4(CCc6ccccc64)c4ccccc4-5)c3)c21. The molecule has 1 atom stereocenters. The molecule has 13 rings (SSSR count). The van der Waals surface area contributed by atoms with E-state index in [0.717, 1.165) is 63.0 Å². The Bertz CT molecular complexity index is 3480. The molecule has 2 nitrogen and oxygen atoms in total. The lowest BCUT2D eigenvalue weighted by atomic mass is 9.73. The first-order valence-corrected chi connectivity index (χ1v) is 22.0. The highest BCUT2D eigenvalue weighted by Gasteiger charge is 2.48. The molecular weight excluding hydrogens is 751 g/mol. The number of hydrogen-bond acceptors (Lipinski definition) is 2. The topological polar surface area (TPSA) is 16.4 Å². The molecule has 2 heteroatoms.